The van der Waals surface area contributed by atoms with E-state index in [1.807, 2.05) is 11.8 Å². The van der Waals surface area contributed by atoms with Crippen LogP contribution in [0.25, 0.3) is 0 Å². The van der Waals surface area contributed by atoms with Crippen LogP contribution in [-0.2, 0) is 9.59 Å². The highest BCUT2D eigenvalue weighted by atomic mass is 16.3. The lowest BCUT2D eigenvalue weighted by Crippen LogP contribution is -2.57. The van der Waals surface area contributed by atoms with E-state index in [2.05, 4.69) is 6.58 Å². The van der Waals surface area contributed by atoms with E-state index in [9.17, 15) is 14.7 Å². The normalized spacial score (nSPS) is 22.3. The highest BCUT2D eigenvalue weighted by Crippen LogP contribution is 2.25. The van der Waals surface area contributed by atoms with Gasteiger partial charge in [0.15, 0.2) is 0 Å². The Labute approximate surface area is 120 Å². The average Bonchev–Trinajstić information content (AvgIpc) is 2.36. The quantitative estimate of drug-likeness (QED) is 0.769. The Kier molecular flexibility index (Phi) is 4.81. The maximum atomic E-state index is 12.3. The zero-order chi connectivity index (χ0) is 14.7. The summed E-state index contributed by atoms with van der Waals surface area (Å²) >= 11 is 0. The highest BCUT2D eigenvalue weighted by molar-refractivity contribution is 5.90. The number of amides is 2. The zero-order valence-electron chi connectivity index (χ0n) is 12.1. The van der Waals surface area contributed by atoms with Gasteiger partial charge in [-0.1, -0.05) is 6.58 Å². The Morgan fingerprint density at radius 2 is 1.90 bits per heavy atom. The van der Waals surface area contributed by atoms with Gasteiger partial charge in [0.2, 0.25) is 11.8 Å². The fourth-order valence-corrected chi connectivity index (χ4v) is 3.07. The molecule has 2 aliphatic heterocycles. The molecule has 0 aromatic rings. The van der Waals surface area contributed by atoms with Crippen LogP contribution in [0.4, 0.5) is 0 Å². The SMILES string of the molecule is C=CC(=O)N1CC(C(=O)N2CCC(CC(C)O)CC2)C1. The molecule has 2 saturated heterocycles. The Bertz CT molecular complexity index is 381. The molecule has 2 heterocycles. The minimum absolute atomic E-state index is 0.0350. The number of piperidine rings is 1. The van der Waals surface area contributed by atoms with Gasteiger partial charge >= 0.3 is 0 Å². The third-order valence-corrected chi connectivity index (χ3v) is 4.32. The topological polar surface area (TPSA) is 60.9 Å². The number of aliphatic hydroxyl groups excluding tert-OH is 1. The van der Waals surface area contributed by atoms with Crippen LogP contribution in [0.2, 0.25) is 0 Å². The van der Waals surface area contributed by atoms with Crippen molar-refractivity contribution in [1.29, 1.82) is 0 Å². The van der Waals surface area contributed by atoms with Crippen molar-refractivity contribution in [2.75, 3.05) is 26.2 Å². The smallest absolute Gasteiger partial charge is 0.246 e. The molecule has 20 heavy (non-hydrogen) atoms. The molecular formula is C15H24N2O3. The first-order valence-electron chi connectivity index (χ1n) is 7.39. The summed E-state index contributed by atoms with van der Waals surface area (Å²) in [5, 5.41) is 9.39. The molecule has 0 aromatic carbocycles. The Morgan fingerprint density at radius 3 is 2.40 bits per heavy atom. The van der Waals surface area contributed by atoms with E-state index in [-0.39, 0.29) is 23.8 Å². The number of rotatable bonds is 4. The van der Waals surface area contributed by atoms with Gasteiger partial charge in [0.1, 0.15) is 0 Å². The molecule has 0 aliphatic carbocycles. The summed E-state index contributed by atoms with van der Waals surface area (Å²) in [6, 6.07) is 0. The van der Waals surface area contributed by atoms with Crippen molar-refractivity contribution < 1.29 is 14.7 Å². The fraction of sp³-hybridized carbons (Fsp3) is 0.733. The molecule has 2 rings (SSSR count). The van der Waals surface area contributed by atoms with Gasteiger partial charge in [-0.05, 0) is 38.2 Å². The van der Waals surface area contributed by atoms with Gasteiger partial charge in [-0.15, -0.1) is 0 Å². The zero-order valence-corrected chi connectivity index (χ0v) is 12.1. The van der Waals surface area contributed by atoms with E-state index in [1.54, 1.807) is 4.90 Å². The second kappa shape index (κ2) is 6.39. The van der Waals surface area contributed by atoms with Crippen molar-refractivity contribution in [3.63, 3.8) is 0 Å². The Hall–Kier alpha value is -1.36. The molecule has 0 saturated carbocycles. The minimum Gasteiger partial charge on any atom is -0.393 e. The molecule has 2 aliphatic rings. The first-order valence-corrected chi connectivity index (χ1v) is 7.39. The molecule has 0 aromatic heterocycles. The third kappa shape index (κ3) is 3.39. The van der Waals surface area contributed by atoms with E-state index in [1.165, 1.54) is 6.08 Å². The van der Waals surface area contributed by atoms with Crippen molar-refractivity contribution in [3.8, 4) is 0 Å². The van der Waals surface area contributed by atoms with Gasteiger partial charge in [0, 0.05) is 26.2 Å². The molecule has 0 spiro atoms. The van der Waals surface area contributed by atoms with Gasteiger partial charge in [-0.3, -0.25) is 9.59 Å². The van der Waals surface area contributed by atoms with Gasteiger partial charge < -0.3 is 14.9 Å². The molecule has 5 heteroatoms. The van der Waals surface area contributed by atoms with Crippen LogP contribution >= 0.6 is 0 Å². The van der Waals surface area contributed by atoms with E-state index in [0.717, 1.165) is 32.4 Å². The van der Waals surface area contributed by atoms with Crippen LogP contribution in [0.3, 0.4) is 0 Å². The number of nitrogens with zero attached hydrogens (tertiary/aromatic N) is 2. The molecule has 5 nitrogen and oxygen atoms in total. The monoisotopic (exact) mass is 280 g/mol. The predicted octanol–water partition coefficient (Wildman–Crippen LogP) is 0.640. The van der Waals surface area contributed by atoms with E-state index in [0.29, 0.717) is 19.0 Å². The van der Waals surface area contributed by atoms with Gasteiger partial charge in [0.05, 0.1) is 12.0 Å². The molecule has 112 valence electrons. The van der Waals surface area contributed by atoms with Crippen molar-refractivity contribution in [2.45, 2.75) is 32.3 Å². The fourth-order valence-electron chi connectivity index (χ4n) is 3.07. The molecule has 1 N–H and O–H groups in total. The summed E-state index contributed by atoms with van der Waals surface area (Å²) in [5.41, 5.74) is 0. The lowest BCUT2D eigenvalue weighted by Gasteiger charge is -2.42. The van der Waals surface area contributed by atoms with E-state index < -0.39 is 0 Å². The van der Waals surface area contributed by atoms with Crippen molar-refractivity contribution in [1.82, 2.24) is 9.80 Å². The number of aliphatic hydroxyl groups is 1. The van der Waals surface area contributed by atoms with Crippen LogP contribution < -0.4 is 0 Å². The Morgan fingerprint density at radius 1 is 1.30 bits per heavy atom. The standard InChI is InChI=1S/C15H24N2O3/c1-3-14(19)17-9-13(10-17)15(20)16-6-4-12(5-7-16)8-11(2)18/h3,11-13,18H,1,4-10H2,2H3. The largest absolute Gasteiger partial charge is 0.393 e. The Balaban J connectivity index is 1.73. The highest BCUT2D eigenvalue weighted by Gasteiger charge is 2.37. The van der Waals surface area contributed by atoms with Crippen LogP contribution in [-0.4, -0.2) is 59.0 Å². The molecule has 2 fully saturated rings. The number of likely N-dealkylation sites (tertiary alicyclic amines) is 2. The summed E-state index contributed by atoms with van der Waals surface area (Å²) in [6.07, 6.45) is 3.81. The van der Waals surface area contributed by atoms with Crippen molar-refractivity contribution >= 4 is 11.8 Å². The minimum atomic E-state index is -0.257. The average molecular weight is 280 g/mol. The van der Waals surface area contributed by atoms with Gasteiger partial charge in [0.25, 0.3) is 0 Å². The molecule has 0 radical (unpaired) electrons. The second-order valence-corrected chi connectivity index (χ2v) is 6.00. The summed E-state index contributed by atoms with van der Waals surface area (Å²) in [5.74, 6) is 0.574. The maximum absolute atomic E-state index is 12.3. The maximum Gasteiger partial charge on any atom is 0.246 e. The van der Waals surface area contributed by atoms with Crippen LogP contribution in [0.15, 0.2) is 12.7 Å². The van der Waals surface area contributed by atoms with Crippen molar-refractivity contribution in [3.05, 3.63) is 12.7 Å². The summed E-state index contributed by atoms with van der Waals surface area (Å²) in [4.78, 5) is 27.2. The molecule has 1 unspecified atom stereocenters. The van der Waals surface area contributed by atoms with E-state index >= 15 is 0 Å². The summed E-state index contributed by atoms with van der Waals surface area (Å²) in [7, 11) is 0. The van der Waals surface area contributed by atoms with Crippen LogP contribution in [0.1, 0.15) is 26.2 Å². The van der Waals surface area contributed by atoms with Crippen LogP contribution in [0, 0.1) is 11.8 Å². The summed E-state index contributed by atoms with van der Waals surface area (Å²) < 4.78 is 0. The molecule has 2 amide bonds. The second-order valence-electron chi connectivity index (χ2n) is 6.00. The number of hydrogen-bond donors (Lipinski definition) is 1. The molecule has 0 bridgehead atoms. The molecular weight excluding hydrogens is 256 g/mol. The summed E-state index contributed by atoms with van der Waals surface area (Å²) in [6.45, 7) is 7.87. The van der Waals surface area contributed by atoms with Crippen molar-refractivity contribution in [2.24, 2.45) is 11.8 Å². The van der Waals surface area contributed by atoms with Gasteiger partial charge in [-0.25, -0.2) is 0 Å². The number of hydrogen-bond acceptors (Lipinski definition) is 3. The lowest BCUT2D eigenvalue weighted by molar-refractivity contribution is -0.147. The van der Waals surface area contributed by atoms with Gasteiger partial charge in [-0.2, -0.15) is 0 Å². The number of carbonyl (C=O) groups excluding carboxylic acids is 2. The lowest BCUT2D eigenvalue weighted by atomic mass is 9.90. The number of carbonyl (C=O) groups is 2. The van der Waals surface area contributed by atoms with E-state index in [4.69, 9.17) is 0 Å². The predicted molar refractivity (Wildman–Crippen MR) is 75.9 cm³/mol. The third-order valence-electron chi connectivity index (χ3n) is 4.32. The van der Waals surface area contributed by atoms with Crippen LogP contribution in [0.5, 0.6) is 0 Å². The first-order chi connectivity index (χ1) is 9.51. The molecule has 1 atom stereocenters. The first kappa shape index (κ1) is 15.0.